The normalized spacial score (nSPS) is 10.3. The number of H-pyrrole nitrogens is 1. The number of terminal acetylenes is 1. The van der Waals surface area contributed by atoms with Crippen LogP contribution in [0.25, 0.3) is 22.6 Å². The lowest BCUT2D eigenvalue weighted by atomic mass is 10.2. The number of rotatable bonds is 4. The monoisotopic (exact) mass is 280 g/mol. The van der Waals surface area contributed by atoms with E-state index in [1.165, 1.54) is 6.33 Å². The third kappa shape index (κ3) is 2.49. The predicted octanol–water partition coefficient (Wildman–Crippen LogP) is 2.04. The van der Waals surface area contributed by atoms with Gasteiger partial charge in [0, 0.05) is 6.07 Å². The van der Waals surface area contributed by atoms with Gasteiger partial charge in [-0.25, -0.2) is 15.0 Å². The molecule has 0 saturated heterocycles. The van der Waals surface area contributed by atoms with Gasteiger partial charge < -0.3 is 14.5 Å². The van der Waals surface area contributed by atoms with Crippen molar-refractivity contribution in [1.82, 2.24) is 19.9 Å². The molecule has 2 aromatic heterocycles. The molecule has 0 aliphatic rings. The van der Waals surface area contributed by atoms with E-state index in [0.717, 1.165) is 5.56 Å². The molecule has 0 bridgehead atoms. The summed E-state index contributed by atoms with van der Waals surface area (Å²) in [6, 6.07) is 5.44. The van der Waals surface area contributed by atoms with Crippen LogP contribution in [0.15, 0.2) is 30.7 Å². The van der Waals surface area contributed by atoms with Crippen molar-refractivity contribution in [2.24, 2.45) is 0 Å². The highest BCUT2D eigenvalue weighted by molar-refractivity contribution is 5.77. The third-order valence-electron chi connectivity index (χ3n) is 2.91. The lowest BCUT2D eigenvalue weighted by molar-refractivity contribution is 0.363. The molecule has 0 atom stereocenters. The fraction of sp³-hybridized carbons (Fsp3) is 0.133. The minimum absolute atomic E-state index is 0.211. The van der Waals surface area contributed by atoms with Crippen LogP contribution in [0, 0.1) is 12.3 Å². The van der Waals surface area contributed by atoms with E-state index in [-0.39, 0.29) is 6.61 Å². The van der Waals surface area contributed by atoms with Gasteiger partial charge in [-0.3, -0.25) is 0 Å². The number of aromatic amines is 1. The first-order valence-corrected chi connectivity index (χ1v) is 6.22. The van der Waals surface area contributed by atoms with Gasteiger partial charge >= 0.3 is 0 Å². The molecule has 0 amide bonds. The molecule has 3 aromatic rings. The molecule has 1 N–H and O–H groups in total. The van der Waals surface area contributed by atoms with Crippen LogP contribution in [0.5, 0.6) is 11.5 Å². The Hall–Kier alpha value is -3.07. The number of ether oxygens (including phenoxy) is 2. The maximum Gasteiger partial charge on any atom is 0.161 e. The van der Waals surface area contributed by atoms with Crippen LogP contribution in [0.1, 0.15) is 0 Å². The van der Waals surface area contributed by atoms with Crippen molar-refractivity contribution >= 4 is 11.2 Å². The minimum atomic E-state index is 0.211. The SMILES string of the molecule is C#CCOc1ccc(-c2nc3cncnc3[nH]2)c(OC)c1. The van der Waals surface area contributed by atoms with Gasteiger partial charge in [0.1, 0.15) is 35.8 Å². The molecule has 1 aromatic carbocycles. The lowest BCUT2D eigenvalue weighted by Gasteiger charge is -2.09. The molecule has 104 valence electrons. The molecule has 6 heteroatoms. The Morgan fingerprint density at radius 2 is 2.29 bits per heavy atom. The predicted molar refractivity (Wildman–Crippen MR) is 78.0 cm³/mol. The number of aromatic nitrogens is 4. The number of fused-ring (bicyclic) bond motifs is 1. The average Bonchev–Trinajstić information content (AvgIpc) is 2.96. The molecule has 6 nitrogen and oxygen atoms in total. The third-order valence-corrected chi connectivity index (χ3v) is 2.91. The van der Waals surface area contributed by atoms with Crippen molar-refractivity contribution in [2.75, 3.05) is 13.7 Å². The van der Waals surface area contributed by atoms with Crippen LogP contribution in [-0.2, 0) is 0 Å². The van der Waals surface area contributed by atoms with Crippen molar-refractivity contribution in [1.29, 1.82) is 0 Å². The molecule has 3 rings (SSSR count). The van der Waals surface area contributed by atoms with E-state index >= 15 is 0 Å². The number of methoxy groups -OCH3 is 1. The zero-order chi connectivity index (χ0) is 14.7. The standard InChI is InChI=1S/C15H12N4O2/c1-3-6-21-10-4-5-11(13(7-10)20-2)14-18-12-8-16-9-17-15(12)19-14/h1,4-5,7-9H,6H2,2H3,(H,16,17,18,19). The largest absolute Gasteiger partial charge is 0.496 e. The number of hydrogen-bond donors (Lipinski definition) is 1. The molecule has 0 radical (unpaired) electrons. The number of hydrogen-bond acceptors (Lipinski definition) is 5. The van der Waals surface area contributed by atoms with Gasteiger partial charge in [-0.1, -0.05) is 5.92 Å². The summed E-state index contributed by atoms with van der Waals surface area (Å²) in [4.78, 5) is 15.7. The van der Waals surface area contributed by atoms with E-state index in [1.54, 1.807) is 19.4 Å². The van der Waals surface area contributed by atoms with E-state index in [0.29, 0.717) is 28.5 Å². The summed E-state index contributed by atoms with van der Waals surface area (Å²) in [5, 5.41) is 0. The van der Waals surface area contributed by atoms with E-state index in [2.05, 4.69) is 25.9 Å². The quantitative estimate of drug-likeness (QED) is 0.740. The Balaban J connectivity index is 2.03. The van der Waals surface area contributed by atoms with Crippen molar-refractivity contribution < 1.29 is 9.47 Å². The fourth-order valence-electron chi connectivity index (χ4n) is 1.97. The van der Waals surface area contributed by atoms with E-state index in [4.69, 9.17) is 15.9 Å². The summed E-state index contributed by atoms with van der Waals surface area (Å²) in [6.45, 7) is 0.211. The number of nitrogens with one attached hydrogen (secondary N) is 1. The van der Waals surface area contributed by atoms with Gasteiger partial charge in [0.25, 0.3) is 0 Å². The summed E-state index contributed by atoms with van der Waals surface area (Å²) >= 11 is 0. The number of benzene rings is 1. The van der Waals surface area contributed by atoms with Crippen LogP contribution in [-0.4, -0.2) is 33.7 Å². The maximum atomic E-state index is 5.39. The Morgan fingerprint density at radius 3 is 3.05 bits per heavy atom. The molecule has 0 fully saturated rings. The first-order valence-electron chi connectivity index (χ1n) is 6.22. The lowest BCUT2D eigenvalue weighted by Crippen LogP contribution is -1.95. The van der Waals surface area contributed by atoms with E-state index in [9.17, 15) is 0 Å². The van der Waals surface area contributed by atoms with Crippen molar-refractivity contribution in [2.45, 2.75) is 0 Å². The van der Waals surface area contributed by atoms with Crippen LogP contribution in [0.4, 0.5) is 0 Å². The van der Waals surface area contributed by atoms with Gasteiger partial charge in [0.15, 0.2) is 5.65 Å². The van der Waals surface area contributed by atoms with Gasteiger partial charge in [0.05, 0.1) is 18.9 Å². The second kappa shape index (κ2) is 5.51. The Labute approximate surface area is 121 Å². The zero-order valence-corrected chi connectivity index (χ0v) is 11.3. The fourth-order valence-corrected chi connectivity index (χ4v) is 1.97. The van der Waals surface area contributed by atoms with Gasteiger partial charge in [-0.2, -0.15) is 0 Å². The molecule has 0 saturated carbocycles. The smallest absolute Gasteiger partial charge is 0.161 e. The van der Waals surface area contributed by atoms with Gasteiger partial charge in [-0.15, -0.1) is 6.42 Å². The Kier molecular flexibility index (Phi) is 3.39. The van der Waals surface area contributed by atoms with Crippen molar-refractivity contribution in [3.63, 3.8) is 0 Å². The molecule has 0 unspecified atom stereocenters. The van der Waals surface area contributed by atoms with Crippen molar-refractivity contribution in [3.05, 3.63) is 30.7 Å². The number of imidazole rings is 1. The van der Waals surface area contributed by atoms with Crippen LogP contribution in [0.3, 0.4) is 0 Å². The van der Waals surface area contributed by atoms with Crippen LogP contribution in [0.2, 0.25) is 0 Å². The van der Waals surface area contributed by atoms with Gasteiger partial charge in [0.2, 0.25) is 0 Å². The first kappa shape index (κ1) is 12.9. The topological polar surface area (TPSA) is 72.9 Å². The first-order chi connectivity index (χ1) is 10.3. The summed E-state index contributed by atoms with van der Waals surface area (Å²) in [5.41, 5.74) is 2.18. The second-order valence-corrected chi connectivity index (χ2v) is 4.20. The van der Waals surface area contributed by atoms with Crippen LogP contribution >= 0.6 is 0 Å². The summed E-state index contributed by atoms with van der Waals surface area (Å²) < 4.78 is 10.8. The highest BCUT2D eigenvalue weighted by Gasteiger charge is 2.12. The molecule has 0 aliphatic carbocycles. The van der Waals surface area contributed by atoms with Gasteiger partial charge in [-0.05, 0) is 12.1 Å². The van der Waals surface area contributed by atoms with E-state index in [1.807, 2.05) is 12.1 Å². The molecule has 21 heavy (non-hydrogen) atoms. The minimum Gasteiger partial charge on any atom is -0.496 e. The van der Waals surface area contributed by atoms with Crippen LogP contribution < -0.4 is 9.47 Å². The van der Waals surface area contributed by atoms with E-state index < -0.39 is 0 Å². The Bertz CT molecular complexity index is 787. The Morgan fingerprint density at radius 1 is 1.38 bits per heavy atom. The summed E-state index contributed by atoms with van der Waals surface area (Å²) in [6.07, 6.45) is 8.30. The molecular formula is C15H12N4O2. The van der Waals surface area contributed by atoms with Crippen molar-refractivity contribution in [3.8, 4) is 35.2 Å². The molecule has 0 aliphatic heterocycles. The average molecular weight is 280 g/mol. The zero-order valence-electron chi connectivity index (χ0n) is 11.3. The highest BCUT2D eigenvalue weighted by Crippen LogP contribution is 2.32. The second-order valence-electron chi connectivity index (χ2n) is 4.20. The highest BCUT2D eigenvalue weighted by atomic mass is 16.5. The molecule has 0 spiro atoms. The summed E-state index contributed by atoms with van der Waals surface area (Å²) in [7, 11) is 1.59. The number of nitrogens with zero attached hydrogens (tertiary/aromatic N) is 3. The molecule has 2 heterocycles. The summed E-state index contributed by atoms with van der Waals surface area (Å²) in [5.74, 6) is 4.36. The maximum absolute atomic E-state index is 5.39. The molecular weight excluding hydrogens is 268 g/mol.